The second-order valence-corrected chi connectivity index (χ2v) is 3.83. The van der Waals surface area contributed by atoms with Gasteiger partial charge in [-0.05, 0) is 35.0 Å². The standard InChI is InChI=1S/C9H8BrF2NO/c1-9(11,12)5-7(14)6-3-2-4-8(10)13-6/h2-4H,5H2,1H3. The lowest BCUT2D eigenvalue weighted by atomic mass is 10.1. The molecule has 0 fully saturated rings. The maximum Gasteiger partial charge on any atom is 0.252 e. The summed E-state index contributed by atoms with van der Waals surface area (Å²) in [6.07, 6.45) is -0.809. The molecule has 5 heteroatoms. The minimum atomic E-state index is -2.99. The lowest BCUT2D eigenvalue weighted by molar-refractivity contribution is 0.0154. The minimum Gasteiger partial charge on any atom is -0.292 e. The van der Waals surface area contributed by atoms with E-state index in [1.165, 1.54) is 6.07 Å². The van der Waals surface area contributed by atoms with Crippen molar-refractivity contribution in [3.05, 3.63) is 28.5 Å². The molecule has 1 rings (SSSR count). The third-order valence-electron chi connectivity index (χ3n) is 1.47. The fourth-order valence-electron chi connectivity index (χ4n) is 0.936. The summed E-state index contributed by atoms with van der Waals surface area (Å²) in [6.45, 7) is 0.711. The highest BCUT2D eigenvalue weighted by molar-refractivity contribution is 9.10. The van der Waals surface area contributed by atoms with Gasteiger partial charge in [-0.2, -0.15) is 0 Å². The van der Waals surface area contributed by atoms with Gasteiger partial charge in [0.1, 0.15) is 10.3 Å². The monoisotopic (exact) mass is 263 g/mol. The molecular weight excluding hydrogens is 256 g/mol. The first-order valence-electron chi connectivity index (χ1n) is 3.92. The van der Waals surface area contributed by atoms with Crippen molar-refractivity contribution in [2.75, 3.05) is 0 Å². The fraction of sp³-hybridized carbons (Fsp3) is 0.333. The molecule has 1 aromatic rings. The van der Waals surface area contributed by atoms with Gasteiger partial charge in [-0.1, -0.05) is 6.07 Å². The predicted molar refractivity (Wildman–Crippen MR) is 51.5 cm³/mol. The van der Waals surface area contributed by atoms with Crippen LogP contribution in [0, 0.1) is 0 Å². The normalized spacial score (nSPS) is 11.4. The largest absolute Gasteiger partial charge is 0.292 e. The summed E-state index contributed by atoms with van der Waals surface area (Å²) in [4.78, 5) is 15.0. The van der Waals surface area contributed by atoms with Crippen LogP contribution in [0.4, 0.5) is 8.78 Å². The summed E-state index contributed by atoms with van der Waals surface area (Å²) in [5, 5.41) is 0. The number of halogens is 3. The molecule has 0 bridgehead atoms. The number of Topliss-reactive ketones (excluding diaryl/α,β-unsaturated/α-hetero) is 1. The van der Waals surface area contributed by atoms with E-state index in [4.69, 9.17) is 0 Å². The Hall–Kier alpha value is -0.840. The number of nitrogens with zero attached hydrogens (tertiary/aromatic N) is 1. The molecule has 0 amide bonds. The second kappa shape index (κ2) is 4.13. The number of pyridine rings is 1. The van der Waals surface area contributed by atoms with Crippen molar-refractivity contribution in [1.82, 2.24) is 4.98 Å². The molecule has 14 heavy (non-hydrogen) atoms. The van der Waals surface area contributed by atoms with E-state index in [-0.39, 0.29) is 5.69 Å². The number of alkyl halides is 2. The van der Waals surface area contributed by atoms with Gasteiger partial charge in [-0.15, -0.1) is 0 Å². The van der Waals surface area contributed by atoms with Crippen LogP contribution in [0.1, 0.15) is 23.8 Å². The first-order chi connectivity index (χ1) is 6.38. The van der Waals surface area contributed by atoms with Crippen LogP contribution in [0.15, 0.2) is 22.8 Å². The zero-order chi connectivity index (χ0) is 10.8. The Labute approximate surface area is 88.5 Å². The highest BCUT2D eigenvalue weighted by atomic mass is 79.9. The van der Waals surface area contributed by atoms with Crippen molar-refractivity contribution in [2.45, 2.75) is 19.3 Å². The quantitative estimate of drug-likeness (QED) is 0.620. The van der Waals surface area contributed by atoms with Crippen molar-refractivity contribution in [3.63, 3.8) is 0 Å². The molecule has 1 aromatic heterocycles. The molecule has 0 saturated carbocycles. The molecule has 0 N–H and O–H groups in total. The number of hydrogen-bond donors (Lipinski definition) is 0. The van der Waals surface area contributed by atoms with E-state index in [2.05, 4.69) is 20.9 Å². The van der Waals surface area contributed by atoms with Gasteiger partial charge in [0.2, 0.25) is 0 Å². The molecule has 0 unspecified atom stereocenters. The highest BCUT2D eigenvalue weighted by Gasteiger charge is 2.26. The Bertz CT molecular complexity index is 349. The minimum absolute atomic E-state index is 0.0564. The molecule has 0 aliphatic rings. The highest BCUT2D eigenvalue weighted by Crippen LogP contribution is 2.19. The van der Waals surface area contributed by atoms with Gasteiger partial charge in [0, 0.05) is 0 Å². The molecule has 0 aliphatic heterocycles. The molecular formula is C9H8BrF2NO. The van der Waals surface area contributed by atoms with Gasteiger partial charge in [0.25, 0.3) is 5.92 Å². The van der Waals surface area contributed by atoms with Gasteiger partial charge in [0.15, 0.2) is 5.78 Å². The van der Waals surface area contributed by atoms with E-state index >= 15 is 0 Å². The van der Waals surface area contributed by atoms with Gasteiger partial charge in [0.05, 0.1) is 6.42 Å². The number of aromatic nitrogens is 1. The Balaban J connectivity index is 2.80. The number of carbonyl (C=O) groups is 1. The molecule has 0 atom stereocenters. The molecule has 1 heterocycles. The van der Waals surface area contributed by atoms with Crippen LogP contribution >= 0.6 is 15.9 Å². The summed E-state index contributed by atoms with van der Waals surface area (Å²) < 4.78 is 25.5. The van der Waals surface area contributed by atoms with E-state index in [0.717, 1.165) is 0 Å². The maximum absolute atomic E-state index is 12.5. The number of hydrogen-bond acceptors (Lipinski definition) is 2. The van der Waals surface area contributed by atoms with Crippen LogP contribution in [0.3, 0.4) is 0 Å². The maximum atomic E-state index is 12.5. The zero-order valence-corrected chi connectivity index (χ0v) is 9.01. The summed E-state index contributed by atoms with van der Waals surface area (Å²) in [5.74, 6) is -3.64. The molecule has 0 radical (unpaired) electrons. The Morgan fingerprint density at radius 3 is 2.71 bits per heavy atom. The lowest BCUT2D eigenvalue weighted by Gasteiger charge is -2.07. The number of ketones is 1. The van der Waals surface area contributed by atoms with Gasteiger partial charge >= 0.3 is 0 Å². The van der Waals surface area contributed by atoms with Crippen molar-refractivity contribution >= 4 is 21.7 Å². The van der Waals surface area contributed by atoms with Crippen molar-refractivity contribution in [3.8, 4) is 0 Å². The summed E-state index contributed by atoms with van der Waals surface area (Å²) >= 11 is 3.06. The first-order valence-corrected chi connectivity index (χ1v) is 4.71. The topological polar surface area (TPSA) is 30.0 Å². The third kappa shape index (κ3) is 3.49. The van der Waals surface area contributed by atoms with Crippen molar-refractivity contribution in [1.29, 1.82) is 0 Å². The predicted octanol–water partition coefficient (Wildman–Crippen LogP) is 3.07. The molecule has 0 spiro atoms. The third-order valence-corrected chi connectivity index (χ3v) is 1.91. The van der Waals surface area contributed by atoms with E-state index in [0.29, 0.717) is 11.5 Å². The average molecular weight is 264 g/mol. The van der Waals surface area contributed by atoms with Crippen LogP contribution < -0.4 is 0 Å². The van der Waals surface area contributed by atoms with E-state index in [1.54, 1.807) is 12.1 Å². The fourth-order valence-corrected chi connectivity index (χ4v) is 1.28. The van der Waals surface area contributed by atoms with Crippen LogP contribution in [-0.4, -0.2) is 16.7 Å². The second-order valence-electron chi connectivity index (χ2n) is 3.02. The smallest absolute Gasteiger partial charge is 0.252 e. The Kier molecular flexibility index (Phi) is 3.31. The first kappa shape index (κ1) is 11.2. The molecule has 76 valence electrons. The summed E-state index contributed by atoms with van der Waals surface area (Å²) in [6, 6.07) is 4.62. The van der Waals surface area contributed by atoms with E-state index < -0.39 is 18.1 Å². The number of carbonyl (C=O) groups excluding carboxylic acids is 1. The van der Waals surface area contributed by atoms with Crippen LogP contribution in [0.2, 0.25) is 0 Å². The summed E-state index contributed by atoms with van der Waals surface area (Å²) in [5.41, 5.74) is 0.0564. The Morgan fingerprint density at radius 2 is 2.21 bits per heavy atom. The van der Waals surface area contributed by atoms with Crippen LogP contribution in [-0.2, 0) is 0 Å². The van der Waals surface area contributed by atoms with E-state index in [1.807, 2.05) is 0 Å². The average Bonchev–Trinajstić information content (AvgIpc) is 2.01. The molecule has 0 saturated heterocycles. The number of rotatable bonds is 3. The van der Waals surface area contributed by atoms with E-state index in [9.17, 15) is 13.6 Å². The van der Waals surface area contributed by atoms with Gasteiger partial charge < -0.3 is 0 Å². The van der Waals surface area contributed by atoms with Gasteiger partial charge in [-0.3, -0.25) is 4.79 Å². The van der Waals surface area contributed by atoms with Crippen LogP contribution in [0.5, 0.6) is 0 Å². The summed E-state index contributed by atoms with van der Waals surface area (Å²) in [7, 11) is 0. The molecule has 0 aliphatic carbocycles. The van der Waals surface area contributed by atoms with Crippen molar-refractivity contribution in [2.24, 2.45) is 0 Å². The SMILES string of the molecule is CC(F)(F)CC(=O)c1cccc(Br)n1. The molecule has 0 aromatic carbocycles. The zero-order valence-electron chi connectivity index (χ0n) is 7.43. The van der Waals surface area contributed by atoms with Gasteiger partial charge in [-0.25, -0.2) is 13.8 Å². The van der Waals surface area contributed by atoms with Crippen LogP contribution in [0.25, 0.3) is 0 Å². The lowest BCUT2D eigenvalue weighted by Crippen LogP contribution is -2.17. The Morgan fingerprint density at radius 1 is 1.57 bits per heavy atom. The van der Waals surface area contributed by atoms with Crippen molar-refractivity contribution < 1.29 is 13.6 Å². The molecule has 2 nitrogen and oxygen atoms in total.